The number of allylic oxidation sites excluding steroid dienone is 1. The number of nitro groups is 1. The Bertz CT molecular complexity index is 752. The number of phenols is 1. The molecule has 112 valence electrons. The molecule has 0 heterocycles. The van der Waals surface area contributed by atoms with Gasteiger partial charge in [0.05, 0.1) is 17.6 Å². The second-order valence-electron chi connectivity index (χ2n) is 4.43. The summed E-state index contributed by atoms with van der Waals surface area (Å²) in [6, 6.07) is 10.3. The van der Waals surface area contributed by atoms with Crippen LogP contribution in [-0.2, 0) is 0 Å². The van der Waals surface area contributed by atoms with E-state index in [2.05, 4.69) is 0 Å². The Labute approximate surface area is 126 Å². The molecular formula is C16H13NO5. The highest BCUT2D eigenvalue weighted by molar-refractivity contribution is 6.08. The fourth-order valence-electron chi connectivity index (χ4n) is 1.85. The molecule has 0 saturated heterocycles. The molecule has 6 heteroatoms. The van der Waals surface area contributed by atoms with Gasteiger partial charge in [-0.3, -0.25) is 14.9 Å². The second-order valence-corrected chi connectivity index (χ2v) is 4.43. The van der Waals surface area contributed by atoms with Crippen molar-refractivity contribution in [2.24, 2.45) is 0 Å². The average Bonchev–Trinajstić information content (AvgIpc) is 2.52. The zero-order valence-electron chi connectivity index (χ0n) is 11.7. The zero-order chi connectivity index (χ0) is 16.1. The molecule has 0 bridgehead atoms. The third kappa shape index (κ3) is 3.49. The summed E-state index contributed by atoms with van der Waals surface area (Å²) in [4.78, 5) is 22.2. The molecule has 0 aliphatic rings. The minimum Gasteiger partial charge on any atom is -0.507 e. The highest BCUT2D eigenvalue weighted by atomic mass is 16.6. The van der Waals surface area contributed by atoms with Crippen molar-refractivity contribution in [3.8, 4) is 11.5 Å². The third-order valence-electron chi connectivity index (χ3n) is 2.98. The number of hydrogen-bond acceptors (Lipinski definition) is 5. The molecule has 0 atom stereocenters. The van der Waals surface area contributed by atoms with Gasteiger partial charge in [0.15, 0.2) is 5.78 Å². The van der Waals surface area contributed by atoms with Crippen LogP contribution in [0.25, 0.3) is 6.08 Å². The molecule has 0 fully saturated rings. The SMILES string of the molecule is COc1ccc(C(=O)/C=C/c2cccc([N+](=O)[O-])c2)c(O)c1. The number of ether oxygens (including phenoxy) is 1. The molecule has 0 aliphatic heterocycles. The average molecular weight is 299 g/mol. The number of nitrogens with zero attached hydrogens (tertiary/aromatic N) is 1. The van der Waals surface area contributed by atoms with Crippen LogP contribution in [-0.4, -0.2) is 22.9 Å². The lowest BCUT2D eigenvalue weighted by Gasteiger charge is -2.03. The maximum atomic E-state index is 12.0. The minimum absolute atomic E-state index is 0.0538. The topological polar surface area (TPSA) is 89.7 Å². The van der Waals surface area contributed by atoms with Gasteiger partial charge in [0, 0.05) is 18.2 Å². The number of rotatable bonds is 5. The van der Waals surface area contributed by atoms with Crippen molar-refractivity contribution >= 4 is 17.5 Å². The summed E-state index contributed by atoms with van der Waals surface area (Å²) in [6.45, 7) is 0. The number of carbonyl (C=O) groups is 1. The highest BCUT2D eigenvalue weighted by Crippen LogP contribution is 2.24. The van der Waals surface area contributed by atoms with Gasteiger partial charge < -0.3 is 9.84 Å². The normalized spacial score (nSPS) is 10.6. The van der Waals surface area contributed by atoms with E-state index in [1.807, 2.05) is 0 Å². The first-order valence-corrected chi connectivity index (χ1v) is 6.35. The monoisotopic (exact) mass is 299 g/mol. The first-order valence-electron chi connectivity index (χ1n) is 6.35. The van der Waals surface area contributed by atoms with Crippen molar-refractivity contribution in [1.82, 2.24) is 0 Å². The van der Waals surface area contributed by atoms with Gasteiger partial charge in [0.1, 0.15) is 11.5 Å². The molecule has 2 aromatic rings. The number of benzene rings is 2. The van der Waals surface area contributed by atoms with Crippen LogP contribution in [0.2, 0.25) is 0 Å². The van der Waals surface area contributed by atoms with Crippen molar-refractivity contribution in [3.63, 3.8) is 0 Å². The first kappa shape index (κ1) is 15.2. The number of aromatic hydroxyl groups is 1. The molecule has 0 amide bonds. The number of phenolic OH excluding ortho intramolecular Hbond substituents is 1. The van der Waals surface area contributed by atoms with Crippen LogP contribution in [0.1, 0.15) is 15.9 Å². The third-order valence-corrected chi connectivity index (χ3v) is 2.98. The van der Waals surface area contributed by atoms with Crippen molar-refractivity contribution in [2.45, 2.75) is 0 Å². The van der Waals surface area contributed by atoms with Crippen LogP contribution < -0.4 is 4.74 Å². The van der Waals surface area contributed by atoms with E-state index >= 15 is 0 Å². The Morgan fingerprint density at radius 2 is 2.05 bits per heavy atom. The maximum absolute atomic E-state index is 12.0. The molecule has 0 saturated carbocycles. The van der Waals surface area contributed by atoms with Gasteiger partial charge in [-0.1, -0.05) is 18.2 Å². The van der Waals surface area contributed by atoms with Gasteiger partial charge in [-0.2, -0.15) is 0 Å². The molecule has 6 nitrogen and oxygen atoms in total. The summed E-state index contributed by atoms with van der Waals surface area (Å²) in [7, 11) is 1.46. The maximum Gasteiger partial charge on any atom is 0.270 e. The quantitative estimate of drug-likeness (QED) is 0.396. The second kappa shape index (κ2) is 6.53. The van der Waals surface area contributed by atoms with Gasteiger partial charge >= 0.3 is 0 Å². The van der Waals surface area contributed by atoms with Gasteiger partial charge in [0.25, 0.3) is 5.69 Å². The van der Waals surface area contributed by atoms with Crippen LogP contribution >= 0.6 is 0 Å². The molecule has 22 heavy (non-hydrogen) atoms. The predicted molar refractivity (Wildman–Crippen MR) is 81.1 cm³/mol. The number of ketones is 1. The molecule has 0 spiro atoms. The van der Waals surface area contributed by atoms with E-state index in [1.54, 1.807) is 12.1 Å². The Balaban J connectivity index is 2.21. The largest absolute Gasteiger partial charge is 0.507 e. The van der Waals surface area contributed by atoms with Gasteiger partial charge in [-0.25, -0.2) is 0 Å². The molecule has 0 aliphatic carbocycles. The summed E-state index contributed by atoms with van der Waals surface area (Å²) < 4.78 is 4.94. The van der Waals surface area contributed by atoms with Crippen molar-refractivity contribution in [3.05, 3.63) is 69.8 Å². The fourth-order valence-corrected chi connectivity index (χ4v) is 1.85. The lowest BCUT2D eigenvalue weighted by molar-refractivity contribution is -0.384. The van der Waals surface area contributed by atoms with Crippen molar-refractivity contribution in [2.75, 3.05) is 7.11 Å². The summed E-state index contributed by atoms with van der Waals surface area (Å²) in [6.07, 6.45) is 2.71. The van der Waals surface area contributed by atoms with E-state index in [0.29, 0.717) is 11.3 Å². The molecule has 0 aromatic heterocycles. The Kier molecular flexibility index (Phi) is 4.53. The van der Waals surface area contributed by atoms with Crippen LogP contribution in [0, 0.1) is 10.1 Å². The van der Waals surface area contributed by atoms with E-state index < -0.39 is 10.7 Å². The van der Waals surface area contributed by atoms with Crippen LogP contribution in [0.5, 0.6) is 11.5 Å². The minimum atomic E-state index is -0.505. The number of non-ortho nitro benzene ring substituents is 1. The first-order chi connectivity index (χ1) is 10.5. The Hall–Kier alpha value is -3.15. The van der Waals surface area contributed by atoms with Gasteiger partial charge in [-0.15, -0.1) is 0 Å². The molecule has 2 aromatic carbocycles. The number of carbonyl (C=O) groups excluding carboxylic acids is 1. The van der Waals surface area contributed by atoms with Crippen LogP contribution in [0.15, 0.2) is 48.5 Å². The zero-order valence-corrected chi connectivity index (χ0v) is 11.7. The summed E-state index contributed by atoms with van der Waals surface area (Å²) in [5.41, 5.74) is 0.597. The fraction of sp³-hybridized carbons (Fsp3) is 0.0625. The predicted octanol–water partition coefficient (Wildman–Crippen LogP) is 3.21. The number of hydrogen-bond donors (Lipinski definition) is 1. The van der Waals surface area contributed by atoms with E-state index in [1.165, 1.54) is 49.6 Å². The summed E-state index contributed by atoms with van der Waals surface area (Å²) in [5, 5.41) is 20.5. The van der Waals surface area contributed by atoms with E-state index in [-0.39, 0.29) is 17.0 Å². The summed E-state index contributed by atoms with van der Waals surface area (Å²) in [5.74, 6) is -0.156. The molecule has 1 N–H and O–H groups in total. The van der Waals surface area contributed by atoms with E-state index in [9.17, 15) is 20.0 Å². The lowest BCUT2D eigenvalue weighted by atomic mass is 10.1. The smallest absolute Gasteiger partial charge is 0.270 e. The lowest BCUT2D eigenvalue weighted by Crippen LogP contribution is -1.95. The molecular weight excluding hydrogens is 286 g/mol. The number of methoxy groups -OCH3 is 1. The summed E-state index contributed by atoms with van der Waals surface area (Å²) >= 11 is 0. The molecule has 0 radical (unpaired) electrons. The highest BCUT2D eigenvalue weighted by Gasteiger charge is 2.09. The van der Waals surface area contributed by atoms with Gasteiger partial charge in [0.2, 0.25) is 0 Å². The van der Waals surface area contributed by atoms with E-state index in [0.717, 1.165) is 0 Å². The van der Waals surface area contributed by atoms with E-state index in [4.69, 9.17) is 4.74 Å². The van der Waals surface area contributed by atoms with Crippen LogP contribution in [0.4, 0.5) is 5.69 Å². The van der Waals surface area contributed by atoms with Crippen molar-refractivity contribution in [1.29, 1.82) is 0 Å². The Morgan fingerprint density at radius 3 is 2.68 bits per heavy atom. The van der Waals surface area contributed by atoms with Gasteiger partial charge in [-0.05, 0) is 23.8 Å². The standard InChI is InChI=1S/C16H13NO5/c1-22-13-6-7-14(16(19)10-13)15(18)8-5-11-3-2-4-12(9-11)17(20)21/h2-10,19H,1H3/b8-5+. The molecule has 0 unspecified atom stereocenters. The van der Waals surface area contributed by atoms with Crippen LogP contribution in [0.3, 0.4) is 0 Å². The number of nitro benzene ring substituents is 1. The molecule has 2 rings (SSSR count). The van der Waals surface area contributed by atoms with Crippen molar-refractivity contribution < 1.29 is 19.6 Å². The Morgan fingerprint density at radius 1 is 1.27 bits per heavy atom.